The Morgan fingerprint density at radius 3 is 2.31 bits per heavy atom. The molecule has 0 bridgehead atoms. The standard InChI is InChI=1S/C17H14N2O7/c1-25-13-6-8-17(26-2)14(10-13)16(20)7-4-11-3-5-12(18(21)22)9-15(11)19(23)24/h3-10H,1-2H3/b7-4+. The van der Waals surface area contributed by atoms with Crippen LogP contribution < -0.4 is 9.47 Å². The number of nitro groups is 2. The second-order valence-corrected chi connectivity index (χ2v) is 5.02. The number of non-ortho nitro benzene ring substituents is 1. The van der Waals surface area contributed by atoms with Gasteiger partial charge >= 0.3 is 0 Å². The molecule has 2 aromatic rings. The van der Waals surface area contributed by atoms with Crippen LogP contribution in [0.4, 0.5) is 11.4 Å². The normalized spacial score (nSPS) is 10.5. The van der Waals surface area contributed by atoms with Crippen molar-refractivity contribution >= 4 is 23.2 Å². The van der Waals surface area contributed by atoms with E-state index in [0.717, 1.165) is 18.2 Å². The number of rotatable bonds is 7. The lowest BCUT2D eigenvalue weighted by Crippen LogP contribution is -2.00. The Balaban J connectivity index is 2.39. The van der Waals surface area contributed by atoms with E-state index in [2.05, 4.69) is 0 Å². The summed E-state index contributed by atoms with van der Waals surface area (Å²) in [7, 11) is 2.86. The minimum Gasteiger partial charge on any atom is -0.497 e. The SMILES string of the molecule is COc1ccc(OC)c(C(=O)/C=C/c2ccc([N+](=O)[O-])cc2[N+](=O)[O-])c1. The van der Waals surface area contributed by atoms with Gasteiger partial charge in [0.15, 0.2) is 5.78 Å². The van der Waals surface area contributed by atoms with Gasteiger partial charge in [-0.05, 0) is 36.4 Å². The van der Waals surface area contributed by atoms with Crippen molar-refractivity contribution in [3.63, 3.8) is 0 Å². The number of hydrogen-bond acceptors (Lipinski definition) is 7. The summed E-state index contributed by atoms with van der Waals surface area (Å²) in [5, 5.41) is 21.9. The Kier molecular flexibility index (Phi) is 5.63. The largest absolute Gasteiger partial charge is 0.497 e. The summed E-state index contributed by atoms with van der Waals surface area (Å²) in [5.74, 6) is 0.302. The van der Waals surface area contributed by atoms with Crippen LogP contribution >= 0.6 is 0 Å². The van der Waals surface area contributed by atoms with E-state index in [-0.39, 0.29) is 11.1 Å². The molecule has 0 atom stereocenters. The van der Waals surface area contributed by atoms with E-state index in [1.54, 1.807) is 12.1 Å². The maximum absolute atomic E-state index is 12.4. The zero-order valence-electron chi connectivity index (χ0n) is 13.9. The van der Waals surface area contributed by atoms with Crippen molar-refractivity contribution in [1.82, 2.24) is 0 Å². The second kappa shape index (κ2) is 7.88. The van der Waals surface area contributed by atoms with Gasteiger partial charge in [0.1, 0.15) is 11.5 Å². The van der Waals surface area contributed by atoms with Crippen molar-refractivity contribution in [2.75, 3.05) is 14.2 Å². The van der Waals surface area contributed by atoms with Crippen molar-refractivity contribution in [2.24, 2.45) is 0 Å². The van der Waals surface area contributed by atoms with Gasteiger partial charge in [-0.3, -0.25) is 25.0 Å². The molecule has 0 unspecified atom stereocenters. The van der Waals surface area contributed by atoms with E-state index in [1.165, 1.54) is 32.4 Å². The molecule has 0 fully saturated rings. The minimum absolute atomic E-state index is 0.0656. The maximum Gasteiger partial charge on any atom is 0.283 e. The van der Waals surface area contributed by atoms with Crippen LogP contribution in [0.25, 0.3) is 6.08 Å². The first-order valence-electron chi connectivity index (χ1n) is 7.24. The summed E-state index contributed by atoms with van der Waals surface area (Å²) in [6.07, 6.45) is 2.36. The van der Waals surface area contributed by atoms with Gasteiger partial charge in [-0.25, -0.2) is 0 Å². The van der Waals surface area contributed by atoms with Crippen LogP contribution in [0.1, 0.15) is 15.9 Å². The highest BCUT2D eigenvalue weighted by atomic mass is 16.6. The van der Waals surface area contributed by atoms with Crippen molar-refractivity contribution in [1.29, 1.82) is 0 Å². The molecule has 0 N–H and O–H groups in total. The molecule has 0 aromatic heterocycles. The summed E-state index contributed by atoms with van der Waals surface area (Å²) in [6, 6.07) is 7.85. The lowest BCUT2D eigenvalue weighted by Gasteiger charge is -2.07. The number of nitro benzene ring substituents is 2. The van der Waals surface area contributed by atoms with Crippen LogP contribution in [-0.2, 0) is 0 Å². The highest BCUT2D eigenvalue weighted by Crippen LogP contribution is 2.27. The predicted octanol–water partition coefficient (Wildman–Crippen LogP) is 3.42. The molecule has 0 radical (unpaired) electrons. The zero-order valence-corrected chi connectivity index (χ0v) is 13.9. The third kappa shape index (κ3) is 4.01. The number of ketones is 1. The van der Waals surface area contributed by atoms with Crippen LogP contribution in [0.5, 0.6) is 11.5 Å². The molecule has 0 saturated heterocycles. The van der Waals surface area contributed by atoms with Crippen LogP contribution in [0.3, 0.4) is 0 Å². The van der Waals surface area contributed by atoms with Gasteiger partial charge in [0.05, 0.1) is 41.3 Å². The molecule has 0 aliphatic heterocycles. The van der Waals surface area contributed by atoms with Crippen molar-refractivity contribution in [2.45, 2.75) is 0 Å². The van der Waals surface area contributed by atoms with E-state index in [1.807, 2.05) is 0 Å². The molecular formula is C17H14N2O7. The molecule has 0 spiro atoms. The quantitative estimate of drug-likeness (QED) is 0.322. The highest BCUT2D eigenvalue weighted by molar-refractivity contribution is 6.09. The van der Waals surface area contributed by atoms with Crippen molar-refractivity contribution < 1.29 is 24.1 Å². The Hall–Kier alpha value is -3.75. The monoisotopic (exact) mass is 358 g/mol. The fourth-order valence-corrected chi connectivity index (χ4v) is 2.21. The van der Waals surface area contributed by atoms with Gasteiger partial charge in [-0.2, -0.15) is 0 Å². The molecule has 134 valence electrons. The molecule has 26 heavy (non-hydrogen) atoms. The van der Waals surface area contributed by atoms with Gasteiger partial charge in [0.25, 0.3) is 11.4 Å². The van der Waals surface area contributed by atoms with E-state index in [0.29, 0.717) is 11.5 Å². The summed E-state index contributed by atoms with van der Waals surface area (Å²) in [5.41, 5.74) is -0.598. The van der Waals surface area contributed by atoms with Gasteiger partial charge in [0, 0.05) is 6.07 Å². The number of hydrogen-bond donors (Lipinski definition) is 0. The number of carbonyl (C=O) groups excluding carboxylic acids is 1. The van der Waals surface area contributed by atoms with Crippen molar-refractivity contribution in [3.8, 4) is 11.5 Å². The minimum atomic E-state index is -0.747. The first kappa shape index (κ1) is 18.6. The third-order valence-corrected chi connectivity index (χ3v) is 3.51. The fourth-order valence-electron chi connectivity index (χ4n) is 2.21. The summed E-state index contributed by atoms with van der Waals surface area (Å²) in [6.45, 7) is 0. The van der Waals surface area contributed by atoms with Crippen molar-refractivity contribution in [3.05, 3.63) is 73.8 Å². The number of benzene rings is 2. The third-order valence-electron chi connectivity index (χ3n) is 3.51. The lowest BCUT2D eigenvalue weighted by molar-refractivity contribution is -0.394. The van der Waals surface area contributed by atoms with Crippen LogP contribution in [-0.4, -0.2) is 29.8 Å². The van der Waals surface area contributed by atoms with E-state index in [9.17, 15) is 25.0 Å². The smallest absolute Gasteiger partial charge is 0.283 e. The molecule has 0 aliphatic rings. The van der Waals surface area contributed by atoms with E-state index in [4.69, 9.17) is 9.47 Å². The first-order valence-corrected chi connectivity index (χ1v) is 7.24. The zero-order chi connectivity index (χ0) is 19.3. The molecule has 0 amide bonds. The van der Waals surface area contributed by atoms with Gasteiger partial charge in [0.2, 0.25) is 0 Å². The summed E-state index contributed by atoms with van der Waals surface area (Å²) in [4.78, 5) is 32.8. The lowest BCUT2D eigenvalue weighted by atomic mass is 10.1. The Labute approximate surface area is 147 Å². The van der Waals surface area contributed by atoms with E-state index >= 15 is 0 Å². The molecule has 0 saturated carbocycles. The molecule has 0 aliphatic carbocycles. The van der Waals surface area contributed by atoms with E-state index < -0.39 is 27.0 Å². The Morgan fingerprint density at radius 1 is 1.00 bits per heavy atom. The van der Waals surface area contributed by atoms with Crippen LogP contribution in [0, 0.1) is 20.2 Å². The summed E-state index contributed by atoms with van der Waals surface area (Å²) >= 11 is 0. The first-order chi connectivity index (χ1) is 12.4. The number of allylic oxidation sites excluding steroid dienone is 1. The topological polar surface area (TPSA) is 122 Å². The average Bonchev–Trinajstić information content (AvgIpc) is 2.65. The van der Waals surface area contributed by atoms with Gasteiger partial charge in [-0.1, -0.05) is 0 Å². The molecular weight excluding hydrogens is 344 g/mol. The summed E-state index contributed by atoms with van der Waals surface area (Å²) < 4.78 is 10.2. The molecule has 2 rings (SSSR count). The van der Waals surface area contributed by atoms with Gasteiger partial charge in [-0.15, -0.1) is 0 Å². The number of ether oxygens (including phenoxy) is 2. The predicted molar refractivity (Wildman–Crippen MR) is 92.7 cm³/mol. The average molecular weight is 358 g/mol. The molecule has 9 heteroatoms. The second-order valence-electron chi connectivity index (χ2n) is 5.02. The Bertz CT molecular complexity index is 906. The number of methoxy groups -OCH3 is 2. The molecule has 2 aromatic carbocycles. The Morgan fingerprint density at radius 2 is 1.73 bits per heavy atom. The number of carbonyl (C=O) groups is 1. The highest BCUT2D eigenvalue weighted by Gasteiger charge is 2.18. The molecule has 0 heterocycles. The maximum atomic E-state index is 12.4. The molecule has 9 nitrogen and oxygen atoms in total. The fraction of sp³-hybridized carbons (Fsp3) is 0.118. The van der Waals surface area contributed by atoms with Crippen LogP contribution in [0.2, 0.25) is 0 Å². The van der Waals surface area contributed by atoms with Gasteiger partial charge < -0.3 is 9.47 Å². The van der Waals surface area contributed by atoms with Crippen LogP contribution in [0.15, 0.2) is 42.5 Å². The number of nitrogens with zero attached hydrogens (tertiary/aromatic N) is 2.